The summed E-state index contributed by atoms with van der Waals surface area (Å²) in [5.41, 5.74) is 2.98. The average molecular weight is 653 g/mol. The number of benzene rings is 3. The molecule has 3 rings (SSSR count). The molecule has 0 aliphatic carbocycles. The lowest BCUT2D eigenvalue weighted by Gasteiger charge is -2.11. The van der Waals surface area contributed by atoms with Crippen molar-refractivity contribution < 1.29 is 26.4 Å². The topological polar surface area (TPSA) is 107 Å². The van der Waals surface area contributed by atoms with Crippen LogP contribution in [0.1, 0.15) is 75.5 Å². The summed E-state index contributed by atoms with van der Waals surface area (Å²) in [7, 11) is -0.831. The van der Waals surface area contributed by atoms with Crippen LogP contribution in [0.15, 0.2) is 76.5 Å². The Kier molecular flexibility index (Phi) is 13.4. The smallest absolute Gasteiger partial charge is 0.305 e. The molecule has 0 heterocycles. The Hall–Kier alpha value is -3.03. The number of hydrogen-bond donors (Lipinski definition) is 1. The largest absolute Gasteiger partial charge is 0.469 e. The first-order valence-electron chi connectivity index (χ1n) is 13.2. The van der Waals surface area contributed by atoms with Gasteiger partial charge in [-0.25, -0.2) is 16.8 Å². The van der Waals surface area contributed by atoms with Gasteiger partial charge in [-0.3, -0.25) is 9.52 Å². The molecule has 0 aliphatic rings. The molecule has 0 atom stereocenters. The van der Waals surface area contributed by atoms with E-state index in [1.807, 2.05) is 39.8 Å². The molecule has 7 nitrogen and oxygen atoms in total. The number of sulfonamides is 1. The van der Waals surface area contributed by atoms with Gasteiger partial charge in [0.05, 0.1) is 28.2 Å². The molecule has 0 unspecified atom stereocenters. The molecule has 0 aliphatic heterocycles. The number of unbranched alkanes of at least 4 members (excludes halogenated alkanes) is 1. The van der Waals surface area contributed by atoms with Crippen LogP contribution in [0.4, 0.5) is 5.69 Å². The van der Waals surface area contributed by atoms with Crippen LogP contribution in [0.25, 0.3) is 0 Å². The van der Waals surface area contributed by atoms with Gasteiger partial charge in [0.1, 0.15) is 0 Å². The molecule has 0 saturated carbocycles. The Morgan fingerprint density at radius 1 is 0.857 bits per heavy atom. The number of carbonyl (C=O) groups is 1. The third-order valence-electron chi connectivity index (χ3n) is 6.04. The van der Waals surface area contributed by atoms with Gasteiger partial charge in [-0.05, 0) is 71.8 Å². The van der Waals surface area contributed by atoms with Crippen LogP contribution in [-0.2, 0) is 28.6 Å². The number of hydrogen-bond acceptors (Lipinski definition) is 6. The van der Waals surface area contributed by atoms with Crippen molar-refractivity contribution in [2.75, 3.05) is 11.8 Å². The first-order chi connectivity index (χ1) is 19.6. The number of esters is 1. The van der Waals surface area contributed by atoms with Crippen molar-refractivity contribution in [3.63, 3.8) is 0 Å². The molecule has 1 N–H and O–H groups in total. The molecule has 0 fully saturated rings. The molecule has 3 aromatic carbocycles. The van der Waals surface area contributed by atoms with Crippen LogP contribution >= 0.6 is 22.3 Å². The molecule has 0 spiro atoms. The first-order valence-corrected chi connectivity index (χ1v) is 17.3. The Morgan fingerprint density at radius 3 is 1.86 bits per heavy atom. The van der Waals surface area contributed by atoms with Crippen molar-refractivity contribution in [1.82, 2.24) is 0 Å². The summed E-state index contributed by atoms with van der Waals surface area (Å²) in [4.78, 5) is 11.5. The number of ether oxygens (including phenoxy) is 1. The van der Waals surface area contributed by atoms with Gasteiger partial charge in [0.25, 0.3) is 19.1 Å². The zero-order chi connectivity index (χ0) is 31.5. The molecular weight excluding hydrogens is 617 g/mol. The summed E-state index contributed by atoms with van der Waals surface area (Å²) in [6.07, 6.45) is 1.32. The molecule has 3 aromatic rings. The summed E-state index contributed by atoms with van der Waals surface area (Å²) in [5, 5.41) is 0.452. The minimum atomic E-state index is -3.76. The van der Waals surface area contributed by atoms with Gasteiger partial charge in [-0.1, -0.05) is 75.4 Å². The zero-order valence-electron chi connectivity index (χ0n) is 24.1. The fourth-order valence-electron chi connectivity index (χ4n) is 3.54. The van der Waals surface area contributed by atoms with E-state index >= 15 is 0 Å². The second-order valence-electron chi connectivity index (χ2n) is 9.91. The highest BCUT2D eigenvalue weighted by Gasteiger charge is 2.16. The lowest BCUT2D eigenvalue weighted by molar-refractivity contribution is -0.140. The number of halogens is 2. The summed E-state index contributed by atoms with van der Waals surface area (Å²) < 4.78 is 54.5. The van der Waals surface area contributed by atoms with Crippen molar-refractivity contribution in [3.05, 3.63) is 88.4 Å². The van der Waals surface area contributed by atoms with Gasteiger partial charge >= 0.3 is 5.97 Å². The molecule has 0 bridgehead atoms. The molecule has 0 saturated heterocycles. The van der Waals surface area contributed by atoms with E-state index in [0.29, 0.717) is 41.0 Å². The zero-order valence-corrected chi connectivity index (χ0v) is 27.3. The van der Waals surface area contributed by atoms with Crippen LogP contribution in [0.3, 0.4) is 0 Å². The van der Waals surface area contributed by atoms with Crippen LogP contribution in [0, 0.1) is 11.8 Å². The lowest BCUT2D eigenvalue weighted by atomic mass is 10.0. The predicted octanol–water partition coefficient (Wildman–Crippen LogP) is 7.70. The van der Waals surface area contributed by atoms with Crippen LogP contribution in [-0.4, -0.2) is 29.9 Å². The second-order valence-corrected chi connectivity index (χ2v) is 14.6. The number of rotatable bonds is 9. The summed E-state index contributed by atoms with van der Waals surface area (Å²) in [6.45, 7) is 8.19. The molecular formula is C31H35Cl2NO6S2. The lowest BCUT2D eigenvalue weighted by Crippen LogP contribution is -2.14. The Morgan fingerprint density at radius 2 is 1.38 bits per heavy atom. The maximum atomic E-state index is 12.8. The van der Waals surface area contributed by atoms with Crippen LogP contribution < -0.4 is 4.72 Å². The highest BCUT2D eigenvalue weighted by atomic mass is 35.7. The van der Waals surface area contributed by atoms with E-state index in [1.165, 1.54) is 19.2 Å². The monoisotopic (exact) mass is 651 g/mol. The van der Waals surface area contributed by atoms with Gasteiger partial charge in [-0.15, -0.1) is 0 Å². The summed E-state index contributed by atoms with van der Waals surface area (Å²) in [5.74, 6) is 6.30. The van der Waals surface area contributed by atoms with E-state index in [-0.39, 0.29) is 22.2 Å². The highest BCUT2D eigenvalue weighted by molar-refractivity contribution is 8.13. The van der Waals surface area contributed by atoms with Gasteiger partial charge < -0.3 is 4.74 Å². The van der Waals surface area contributed by atoms with Crippen LogP contribution in [0.5, 0.6) is 0 Å². The maximum Gasteiger partial charge on any atom is 0.305 e. The minimum absolute atomic E-state index is 0.151. The molecule has 42 heavy (non-hydrogen) atoms. The second kappa shape index (κ2) is 16.0. The van der Waals surface area contributed by atoms with Crippen molar-refractivity contribution in [1.29, 1.82) is 0 Å². The third-order valence-corrected chi connectivity index (χ3v) is 9.03. The Labute approximate surface area is 259 Å². The Balaban J connectivity index is 0.000000395. The van der Waals surface area contributed by atoms with Crippen LogP contribution in [0.2, 0.25) is 5.02 Å². The standard InChI is InChI=1S/C22H24ClNO4S.C9H11ClO2S/c1-16(2)17-9-12-20(13-10-17)29(26,27)24-21-14-11-19(23)15-18(21)7-5-4-6-8-22(25)28-3;1-7(2)8-3-5-9(6-4-8)13(10,11)12/h9-16,24H,4,6,8H2,1-3H3;3-7H,1-2H3. The van der Waals surface area contributed by atoms with E-state index in [2.05, 4.69) is 21.3 Å². The quantitative estimate of drug-likeness (QED) is 0.110. The fourth-order valence-corrected chi connectivity index (χ4v) is 5.56. The highest BCUT2D eigenvalue weighted by Crippen LogP contribution is 2.24. The molecule has 0 amide bonds. The van der Waals surface area contributed by atoms with Crippen molar-refractivity contribution >= 4 is 53.0 Å². The van der Waals surface area contributed by atoms with E-state index < -0.39 is 19.1 Å². The first kappa shape index (κ1) is 35.2. The van der Waals surface area contributed by atoms with Gasteiger partial charge in [-0.2, -0.15) is 0 Å². The third kappa shape index (κ3) is 11.3. The van der Waals surface area contributed by atoms with E-state index in [9.17, 15) is 21.6 Å². The number of methoxy groups -OCH3 is 1. The molecule has 0 aromatic heterocycles. The predicted molar refractivity (Wildman–Crippen MR) is 169 cm³/mol. The summed E-state index contributed by atoms with van der Waals surface area (Å²) >= 11 is 6.05. The van der Waals surface area contributed by atoms with E-state index in [4.69, 9.17) is 22.3 Å². The normalized spacial score (nSPS) is 11.3. The molecule has 226 valence electrons. The minimum Gasteiger partial charge on any atom is -0.469 e. The summed E-state index contributed by atoms with van der Waals surface area (Å²) in [6, 6.07) is 18.2. The van der Waals surface area contributed by atoms with Crippen molar-refractivity contribution in [2.45, 2.75) is 68.6 Å². The van der Waals surface area contributed by atoms with E-state index in [0.717, 1.165) is 11.1 Å². The van der Waals surface area contributed by atoms with Gasteiger partial charge in [0.2, 0.25) is 0 Å². The van der Waals surface area contributed by atoms with Gasteiger partial charge in [0.15, 0.2) is 0 Å². The number of carbonyl (C=O) groups excluding carboxylic acids is 1. The van der Waals surface area contributed by atoms with Gasteiger partial charge in [0, 0.05) is 28.5 Å². The molecule has 0 radical (unpaired) electrons. The van der Waals surface area contributed by atoms with E-state index in [1.54, 1.807) is 42.5 Å². The Bertz CT molecular complexity index is 1620. The number of anilines is 1. The fraction of sp³-hybridized carbons (Fsp3) is 0.323. The average Bonchev–Trinajstić information content (AvgIpc) is 2.94. The SMILES string of the molecule is CC(C)c1ccc(S(=O)(=O)Cl)cc1.COC(=O)CCCC#Cc1cc(Cl)ccc1NS(=O)(=O)c1ccc(C(C)C)cc1. The maximum absolute atomic E-state index is 12.8. The van der Waals surface area contributed by atoms with Crippen molar-refractivity contribution in [3.8, 4) is 11.8 Å². The molecule has 11 heteroatoms. The van der Waals surface area contributed by atoms with Crippen molar-refractivity contribution in [2.24, 2.45) is 0 Å². The number of nitrogens with one attached hydrogen (secondary N) is 1.